The van der Waals surface area contributed by atoms with Crippen LogP contribution in [0.2, 0.25) is 0 Å². The zero-order valence-corrected chi connectivity index (χ0v) is 17.5. The van der Waals surface area contributed by atoms with Gasteiger partial charge in [-0.3, -0.25) is 0 Å². The molecule has 0 atom stereocenters. The van der Waals surface area contributed by atoms with Gasteiger partial charge < -0.3 is 4.57 Å². The molecule has 0 saturated carbocycles. The number of nitrogens with zero attached hydrogens (tertiary/aromatic N) is 1. The second-order valence-corrected chi connectivity index (χ2v) is 9.48. The highest BCUT2D eigenvalue weighted by Gasteiger charge is 2.44. The van der Waals surface area contributed by atoms with E-state index < -0.39 is 0 Å². The summed E-state index contributed by atoms with van der Waals surface area (Å²) in [4.78, 5) is 0. The van der Waals surface area contributed by atoms with Crippen LogP contribution in [-0.4, -0.2) is 11.3 Å². The topological polar surface area (TPSA) is 4.93 Å². The van der Waals surface area contributed by atoms with Crippen LogP contribution in [0.1, 0.15) is 30.5 Å². The van der Waals surface area contributed by atoms with Crippen LogP contribution in [0, 0.1) is 6.92 Å². The minimum Gasteiger partial charge on any atom is -0.310 e. The lowest BCUT2D eigenvalue weighted by molar-refractivity contribution is 0.645. The third kappa shape index (κ3) is 1.77. The SMILES string of the molecule is Cc1ccc2c(c1)C(C)(C)c1cccc3c1B2c1cccc2c4ccccc4n-3c12. The predicted octanol–water partition coefficient (Wildman–Crippen LogP) is 4.56. The number of aromatic nitrogens is 1. The van der Waals surface area contributed by atoms with E-state index in [0.717, 1.165) is 0 Å². The van der Waals surface area contributed by atoms with Crippen molar-refractivity contribution in [1.82, 2.24) is 4.57 Å². The van der Waals surface area contributed by atoms with E-state index in [1.165, 1.54) is 60.6 Å². The fourth-order valence-corrected chi connectivity index (χ4v) is 6.21. The Balaban J connectivity index is 1.75. The molecule has 1 nitrogen and oxygen atoms in total. The normalized spacial score (nSPS) is 15.4. The molecule has 0 saturated heterocycles. The fraction of sp³-hybridized carbons (Fsp3) is 0.143. The second kappa shape index (κ2) is 5.26. The summed E-state index contributed by atoms with van der Waals surface area (Å²) in [5.74, 6) is 0. The summed E-state index contributed by atoms with van der Waals surface area (Å²) in [5.41, 5.74) is 12.7. The Morgan fingerprint density at radius 3 is 2.43 bits per heavy atom. The fourth-order valence-electron chi connectivity index (χ4n) is 6.21. The highest BCUT2D eigenvalue weighted by Crippen LogP contribution is 2.39. The van der Waals surface area contributed by atoms with Gasteiger partial charge in [0, 0.05) is 27.4 Å². The average Bonchev–Trinajstić information content (AvgIpc) is 3.10. The van der Waals surface area contributed by atoms with Crippen LogP contribution >= 0.6 is 0 Å². The molecule has 0 spiro atoms. The van der Waals surface area contributed by atoms with E-state index in [1.54, 1.807) is 0 Å². The van der Waals surface area contributed by atoms with Crippen LogP contribution in [0.5, 0.6) is 0 Å². The van der Waals surface area contributed by atoms with Crippen molar-refractivity contribution in [2.75, 3.05) is 0 Å². The Labute approximate surface area is 177 Å². The summed E-state index contributed by atoms with van der Waals surface area (Å²) in [5, 5.41) is 2.70. The number of fused-ring (bicyclic) bond motifs is 7. The summed E-state index contributed by atoms with van der Waals surface area (Å²) >= 11 is 0. The highest BCUT2D eigenvalue weighted by molar-refractivity contribution is 6.99. The molecular weight excluding hydrogens is 361 g/mol. The van der Waals surface area contributed by atoms with Crippen molar-refractivity contribution >= 4 is 44.9 Å². The maximum absolute atomic E-state index is 2.52. The zero-order valence-electron chi connectivity index (χ0n) is 17.5. The van der Waals surface area contributed by atoms with E-state index in [1.807, 2.05) is 0 Å². The Morgan fingerprint density at radius 1 is 0.733 bits per heavy atom. The molecule has 7 rings (SSSR count). The van der Waals surface area contributed by atoms with Gasteiger partial charge in [-0.15, -0.1) is 0 Å². The molecule has 30 heavy (non-hydrogen) atoms. The molecule has 0 amide bonds. The first kappa shape index (κ1) is 16.5. The van der Waals surface area contributed by atoms with E-state index >= 15 is 0 Å². The molecule has 0 aliphatic carbocycles. The molecule has 3 heterocycles. The van der Waals surface area contributed by atoms with Gasteiger partial charge in [-0.05, 0) is 41.1 Å². The highest BCUT2D eigenvalue weighted by atomic mass is 15.0. The quantitative estimate of drug-likeness (QED) is 0.339. The summed E-state index contributed by atoms with van der Waals surface area (Å²) < 4.78 is 2.52. The molecular formula is C28H22BN. The van der Waals surface area contributed by atoms with Crippen molar-refractivity contribution in [2.24, 2.45) is 0 Å². The van der Waals surface area contributed by atoms with Crippen molar-refractivity contribution in [3.8, 4) is 5.69 Å². The van der Waals surface area contributed by atoms with E-state index in [-0.39, 0.29) is 5.41 Å². The number of hydrogen-bond acceptors (Lipinski definition) is 0. The molecule has 0 fully saturated rings. The van der Waals surface area contributed by atoms with E-state index in [0.29, 0.717) is 6.71 Å². The molecule has 142 valence electrons. The Kier molecular flexibility index (Phi) is 2.90. The molecule has 2 heteroatoms. The molecule has 4 aromatic carbocycles. The summed E-state index contributed by atoms with van der Waals surface area (Å²) in [6.45, 7) is 7.28. The lowest BCUT2D eigenvalue weighted by atomic mass is 9.30. The first-order valence-electron chi connectivity index (χ1n) is 10.8. The molecule has 2 aliphatic rings. The van der Waals surface area contributed by atoms with Gasteiger partial charge in [0.25, 0.3) is 0 Å². The maximum atomic E-state index is 2.52. The Hall–Kier alpha value is -3.26. The Morgan fingerprint density at radius 2 is 1.53 bits per heavy atom. The van der Waals surface area contributed by atoms with Gasteiger partial charge in [0.05, 0.1) is 5.52 Å². The standard InChI is InChI=1S/C28H22BN/c1-17-14-15-22-21(16-17)28(2,3)20-10-7-13-25-26(20)29(22)23-11-6-9-19-18-8-4-5-12-24(18)30(25)27(19)23/h4-16H,1-3H3. The van der Waals surface area contributed by atoms with Gasteiger partial charge in [-0.25, -0.2) is 0 Å². The van der Waals surface area contributed by atoms with Gasteiger partial charge in [-0.2, -0.15) is 0 Å². The van der Waals surface area contributed by atoms with Gasteiger partial charge in [0.1, 0.15) is 0 Å². The molecule has 0 bridgehead atoms. The van der Waals surface area contributed by atoms with E-state index in [4.69, 9.17) is 0 Å². The zero-order chi connectivity index (χ0) is 20.2. The molecule has 2 aliphatic heterocycles. The lowest BCUT2D eigenvalue weighted by Gasteiger charge is -2.42. The maximum Gasteiger partial charge on any atom is 0.247 e. The molecule has 0 N–H and O–H groups in total. The largest absolute Gasteiger partial charge is 0.310 e. The van der Waals surface area contributed by atoms with Crippen molar-refractivity contribution in [3.63, 3.8) is 0 Å². The van der Waals surface area contributed by atoms with Crippen LogP contribution in [0.25, 0.3) is 27.5 Å². The lowest BCUT2D eigenvalue weighted by Crippen LogP contribution is -2.63. The van der Waals surface area contributed by atoms with Crippen LogP contribution < -0.4 is 16.4 Å². The number of para-hydroxylation sites is 2. The van der Waals surface area contributed by atoms with Crippen molar-refractivity contribution < 1.29 is 0 Å². The summed E-state index contributed by atoms with van der Waals surface area (Å²) in [6, 6.07) is 29.7. The van der Waals surface area contributed by atoms with E-state index in [2.05, 4.69) is 104 Å². The number of benzene rings is 4. The number of aryl methyl sites for hydroxylation is 1. The molecule has 0 unspecified atom stereocenters. The van der Waals surface area contributed by atoms with Crippen molar-refractivity contribution in [2.45, 2.75) is 26.2 Å². The van der Waals surface area contributed by atoms with Crippen LogP contribution in [-0.2, 0) is 5.41 Å². The summed E-state index contributed by atoms with van der Waals surface area (Å²) in [7, 11) is 0. The van der Waals surface area contributed by atoms with Gasteiger partial charge >= 0.3 is 0 Å². The van der Waals surface area contributed by atoms with Gasteiger partial charge in [0.2, 0.25) is 6.71 Å². The average molecular weight is 383 g/mol. The Bertz CT molecular complexity index is 1540. The third-order valence-corrected chi connectivity index (χ3v) is 7.52. The first-order chi connectivity index (χ1) is 14.6. The summed E-state index contributed by atoms with van der Waals surface area (Å²) in [6.07, 6.45) is 0. The van der Waals surface area contributed by atoms with Crippen LogP contribution in [0.4, 0.5) is 0 Å². The monoisotopic (exact) mass is 383 g/mol. The van der Waals surface area contributed by atoms with Gasteiger partial charge in [0.15, 0.2) is 0 Å². The van der Waals surface area contributed by atoms with Gasteiger partial charge in [-0.1, -0.05) is 91.6 Å². The van der Waals surface area contributed by atoms with E-state index in [9.17, 15) is 0 Å². The predicted molar refractivity (Wildman–Crippen MR) is 129 cm³/mol. The van der Waals surface area contributed by atoms with Crippen LogP contribution in [0.15, 0.2) is 78.9 Å². The molecule has 1 aromatic heterocycles. The number of rotatable bonds is 0. The minimum absolute atomic E-state index is 0.0163. The number of hydrogen-bond donors (Lipinski definition) is 0. The third-order valence-electron chi connectivity index (χ3n) is 7.52. The molecule has 0 radical (unpaired) electrons. The first-order valence-corrected chi connectivity index (χ1v) is 10.8. The van der Waals surface area contributed by atoms with Crippen molar-refractivity contribution in [1.29, 1.82) is 0 Å². The molecule has 5 aromatic rings. The van der Waals surface area contributed by atoms with Crippen LogP contribution in [0.3, 0.4) is 0 Å². The second-order valence-electron chi connectivity index (χ2n) is 9.48. The minimum atomic E-state index is -0.0163. The van der Waals surface area contributed by atoms with Crippen molar-refractivity contribution in [3.05, 3.63) is 95.6 Å². The smallest absolute Gasteiger partial charge is 0.247 e.